The van der Waals surface area contributed by atoms with E-state index in [9.17, 15) is 0 Å². The van der Waals surface area contributed by atoms with Gasteiger partial charge in [0.05, 0.1) is 5.69 Å². The van der Waals surface area contributed by atoms with Crippen molar-refractivity contribution in [3.63, 3.8) is 0 Å². The van der Waals surface area contributed by atoms with Crippen LogP contribution in [0.25, 0.3) is 0 Å². The van der Waals surface area contributed by atoms with E-state index in [1.54, 1.807) is 0 Å². The molecule has 118 valence electrons. The molecule has 1 saturated carbocycles. The maximum absolute atomic E-state index is 5.69. The Bertz CT molecular complexity index is 427. The molecule has 1 saturated heterocycles. The summed E-state index contributed by atoms with van der Waals surface area (Å²) in [7, 11) is 0. The molecule has 0 radical (unpaired) electrons. The van der Waals surface area contributed by atoms with Crippen LogP contribution < -0.4 is 10.2 Å². The predicted octanol–water partition coefficient (Wildman–Crippen LogP) is 3.72. The first kappa shape index (κ1) is 14.9. The zero-order valence-electron chi connectivity index (χ0n) is 13.4. The lowest BCUT2D eigenvalue weighted by Crippen LogP contribution is -2.41. The predicted molar refractivity (Wildman–Crippen MR) is 85.5 cm³/mol. The maximum atomic E-state index is 5.69. The highest BCUT2D eigenvalue weighted by molar-refractivity contribution is 5.28. The second-order valence-electron chi connectivity index (χ2n) is 6.85. The van der Waals surface area contributed by atoms with Gasteiger partial charge in [-0.15, -0.1) is 0 Å². The molecule has 3 rings (SSSR count). The molecule has 4 nitrogen and oxygen atoms in total. The molecule has 21 heavy (non-hydrogen) atoms. The van der Waals surface area contributed by atoms with Crippen molar-refractivity contribution in [3.8, 4) is 0 Å². The summed E-state index contributed by atoms with van der Waals surface area (Å²) in [6.45, 7) is 6.25. The van der Waals surface area contributed by atoms with Crippen LogP contribution in [0, 0.1) is 5.41 Å². The van der Waals surface area contributed by atoms with Crippen LogP contribution in [0.3, 0.4) is 0 Å². The molecule has 1 aliphatic carbocycles. The van der Waals surface area contributed by atoms with E-state index in [-0.39, 0.29) is 0 Å². The van der Waals surface area contributed by atoms with E-state index in [1.165, 1.54) is 44.9 Å². The van der Waals surface area contributed by atoms with Gasteiger partial charge in [0.25, 0.3) is 6.01 Å². The van der Waals surface area contributed by atoms with Crippen molar-refractivity contribution in [1.82, 2.24) is 10.3 Å². The van der Waals surface area contributed by atoms with Gasteiger partial charge in [0.1, 0.15) is 6.26 Å². The Hall–Kier alpha value is -1.03. The number of hydrogen-bond donors (Lipinski definition) is 1. The normalized spacial score (nSPS) is 21.9. The first-order valence-corrected chi connectivity index (χ1v) is 8.71. The molecule has 0 bridgehead atoms. The Morgan fingerprint density at radius 1 is 1.19 bits per heavy atom. The summed E-state index contributed by atoms with van der Waals surface area (Å²) < 4.78 is 5.69. The van der Waals surface area contributed by atoms with Gasteiger partial charge in [0.15, 0.2) is 0 Å². The molecule has 1 aliphatic heterocycles. The number of oxazole rings is 1. The number of aromatic nitrogens is 1. The quantitative estimate of drug-likeness (QED) is 0.839. The zero-order valence-corrected chi connectivity index (χ0v) is 13.4. The van der Waals surface area contributed by atoms with E-state index in [1.807, 2.05) is 6.26 Å². The molecule has 0 atom stereocenters. The lowest BCUT2D eigenvalue weighted by atomic mass is 9.68. The van der Waals surface area contributed by atoms with Gasteiger partial charge in [-0.25, -0.2) is 0 Å². The van der Waals surface area contributed by atoms with Gasteiger partial charge in [-0.3, -0.25) is 0 Å². The molecule has 2 heterocycles. The highest BCUT2D eigenvalue weighted by atomic mass is 16.4. The van der Waals surface area contributed by atoms with Crippen LogP contribution in [0.1, 0.15) is 64.0 Å². The van der Waals surface area contributed by atoms with E-state index < -0.39 is 0 Å². The van der Waals surface area contributed by atoms with Crippen LogP contribution >= 0.6 is 0 Å². The Morgan fingerprint density at radius 3 is 2.67 bits per heavy atom. The second kappa shape index (κ2) is 6.82. The van der Waals surface area contributed by atoms with Gasteiger partial charge >= 0.3 is 0 Å². The molecule has 0 amide bonds. The third kappa shape index (κ3) is 3.60. The van der Waals surface area contributed by atoms with Crippen LogP contribution in [0.2, 0.25) is 0 Å². The molecule has 2 fully saturated rings. The van der Waals surface area contributed by atoms with E-state index in [0.717, 1.165) is 44.3 Å². The van der Waals surface area contributed by atoms with Gasteiger partial charge in [-0.05, 0) is 44.1 Å². The average Bonchev–Trinajstić information content (AvgIpc) is 2.98. The summed E-state index contributed by atoms with van der Waals surface area (Å²) in [5, 5.41) is 3.37. The largest absolute Gasteiger partial charge is 0.432 e. The van der Waals surface area contributed by atoms with Crippen molar-refractivity contribution in [2.45, 2.75) is 64.8 Å². The smallest absolute Gasteiger partial charge is 0.297 e. The Balaban J connectivity index is 1.52. The van der Waals surface area contributed by atoms with Gasteiger partial charge in [-0.2, -0.15) is 4.98 Å². The standard InChI is InChI=1S/C17H29N3O/c1-2-10-18-13-15-14-21-16(19-15)20-11-8-17(9-12-20)6-4-3-5-7-17/h14,18H,2-13H2,1H3. The molecule has 1 aromatic rings. The minimum absolute atomic E-state index is 0.646. The summed E-state index contributed by atoms with van der Waals surface area (Å²) in [6.07, 6.45) is 12.8. The van der Waals surface area contributed by atoms with E-state index in [2.05, 4.69) is 22.1 Å². The topological polar surface area (TPSA) is 41.3 Å². The fourth-order valence-corrected chi connectivity index (χ4v) is 3.89. The second-order valence-corrected chi connectivity index (χ2v) is 6.85. The minimum atomic E-state index is 0.646. The summed E-state index contributed by atoms with van der Waals surface area (Å²) in [4.78, 5) is 6.97. The van der Waals surface area contributed by atoms with Crippen LogP contribution in [0.15, 0.2) is 10.7 Å². The lowest BCUT2D eigenvalue weighted by molar-refractivity contribution is 0.142. The average molecular weight is 291 g/mol. The molecule has 0 aromatic carbocycles. The Labute approximate surface area is 128 Å². The fourth-order valence-electron chi connectivity index (χ4n) is 3.89. The first-order valence-electron chi connectivity index (χ1n) is 8.71. The third-order valence-corrected chi connectivity index (χ3v) is 5.28. The summed E-state index contributed by atoms with van der Waals surface area (Å²) in [5.74, 6) is 0. The minimum Gasteiger partial charge on any atom is -0.432 e. The number of nitrogens with one attached hydrogen (secondary N) is 1. The van der Waals surface area contributed by atoms with Gasteiger partial charge in [-0.1, -0.05) is 26.2 Å². The molecule has 4 heteroatoms. The number of piperidine rings is 1. The van der Waals surface area contributed by atoms with Crippen LogP contribution in [-0.2, 0) is 6.54 Å². The van der Waals surface area contributed by atoms with E-state index >= 15 is 0 Å². The van der Waals surface area contributed by atoms with E-state index in [4.69, 9.17) is 4.42 Å². The third-order valence-electron chi connectivity index (χ3n) is 5.28. The van der Waals surface area contributed by atoms with Crippen molar-refractivity contribution >= 4 is 6.01 Å². The first-order chi connectivity index (χ1) is 10.3. The van der Waals surface area contributed by atoms with Crippen LogP contribution in [0.4, 0.5) is 6.01 Å². The highest BCUT2D eigenvalue weighted by Gasteiger charge is 2.36. The van der Waals surface area contributed by atoms with E-state index in [0.29, 0.717) is 5.41 Å². The zero-order chi connectivity index (χ0) is 14.5. The molecule has 1 aromatic heterocycles. The van der Waals surface area contributed by atoms with Crippen molar-refractivity contribution in [2.75, 3.05) is 24.5 Å². The summed E-state index contributed by atoms with van der Waals surface area (Å²) in [6, 6.07) is 0.828. The number of hydrogen-bond acceptors (Lipinski definition) is 4. The monoisotopic (exact) mass is 291 g/mol. The SMILES string of the molecule is CCCNCc1coc(N2CCC3(CCCCC3)CC2)n1. The Kier molecular flexibility index (Phi) is 4.84. The summed E-state index contributed by atoms with van der Waals surface area (Å²) >= 11 is 0. The van der Waals surface area contributed by atoms with Crippen molar-refractivity contribution in [2.24, 2.45) is 5.41 Å². The molecule has 1 N–H and O–H groups in total. The maximum Gasteiger partial charge on any atom is 0.297 e. The highest BCUT2D eigenvalue weighted by Crippen LogP contribution is 2.44. The lowest BCUT2D eigenvalue weighted by Gasteiger charge is -2.43. The van der Waals surface area contributed by atoms with Crippen LogP contribution in [-0.4, -0.2) is 24.6 Å². The molecule has 1 spiro atoms. The molecular weight excluding hydrogens is 262 g/mol. The Morgan fingerprint density at radius 2 is 1.95 bits per heavy atom. The molecule has 2 aliphatic rings. The van der Waals surface area contributed by atoms with Crippen molar-refractivity contribution in [1.29, 1.82) is 0 Å². The molecule has 0 unspecified atom stereocenters. The molecular formula is C17H29N3O. The van der Waals surface area contributed by atoms with Gasteiger partial charge in [0, 0.05) is 19.6 Å². The van der Waals surface area contributed by atoms with Crippen molar-refractivity contribution < 1.29 is 4.42 Å². The van der Waals surface area contributed by atoms with Crippen LogP contribution in [0.5, 0.6) is 0 Å². The van der Waals surface area contributed by atoms with Gasteiger partial charge in [0.2, 0.25) is 0 Å². The summed E-state index contributed by atoms with van der Waals surface area (Å²) in [5.41, 5.74) is 1.67. The number of nitrogens with zero attached hydrogens (tertiary/aromatic N) is 2. The number of anilines is 1. The van der Waals surface area contributed by atoms with Crippen molar-refractivity contribution in [3.05, 3.63) is 12.0 Å². The van der Waals surface area contributed by atoms with Gasteiger partial charge < -0.3 is 14.6 Å². The fraction of sp³-hybridized carbons (Fsp3) is 0.824. The number of rotatable bonds is 5.